The van der Waals surface area contributed by atoms with Crippen LogP contribution >= 0.6 is 0 Å². The van der Waals surface area contributed by atoms with Gasteiger partial charge in [0.05, 0.1) is 31.7 Å². The van der Waals surface area contributed by atoms with E-state index in [9.17, 15) is 13.2 Å². The van der Waals surface area contributed by atoms with E-state index in [4.69, 9.17) is 9.47 Å². The van der Waals surface area contributed by atoms with Gasteiger partial charge in [-0.3, -0.25) is 4.79 Å². The highest BCUT2D eigenvalue weighted by molar-refractivity contribution is 7.89. The smallest absolute Gasteiger partial charge is 0.243 e. The van der Waals surface area contributed by atoms with Gasteiger partial charge in [-0.15, -0.1) is 0 Å². The molecule has 3 aromatic rings. The SMILES string of the molecule is COc1ccc([C@H](C)NC(=O)CN(Cc2ccccc2)S(=O)(=O)c2ccc(OC)cc2)cc1. The summed E-state index contributed by atoms with van der Waals surface area (Å²) in [6.45, 7) is 1.60. The van der Waals surface area contributed by atoms with Crippen LogP contribution in [0.3, 0.4) is 0 Å². The first-order chi connectivity index (χ1) is 15.8. The Hall–Kier alpha value is -3.36. The van der Waals surface area contributed by atoms with E-state index < -0.39 is 15.9 Å². The van der Waals surface area contributed by atoms with Gasteiger partial charge in [0.15, 0.2) is 0 Å². The predicted molar refractivity (Wildman–Crippen MR) is 127 cm³/mol. The van der Waals surface area contributed by atoms with Crippen molar-refractivity contribution in [3.05, 3.63) is 90.0 Å². The molecule has 7 nitrogen and oxygen atoms in total. The van der Waals surface area contributed by atoms with Crippen LogP contribution in [0.15, 0.2) is 83.8 Å². The molecule has 0 spiro atoms. The van der Waals surface area contributed by atoms with Gasteiger partial charge in [0.25, 0.3) is 0 Å². The second kappa shape index (κ2) is 11.0. The average molecular weight is 469 g/mol. The van der Waals surface area contributed by atoms with E-state index in [1.807, 2.05) is 61.5 Å². The molecule has 3 rings (SSSR count). The number of benzene rings is 3. The number of carbonyl (C=O) groups excluding carboxylic acids is 1. The molecule has 0 saturated heterocycles. The lowest BCUT2D eigenvalue weighted by molar-refractivity contribution is -0.122. The van der Waals surface area contributed by atoms with Gasteiger partial charge >= 0.3 is 0 Å². The van der Waals surface area contributed by atoms with Crippen LogP contribution in [0.25, 0.3) is 0 Å². The van der Waals surface area contributed by atoms with Crippen molar-refractivity contribution in [1.82, 2.24) is 9.62 Å². The lowest BCUT2D eigenvalue weighted by Gasteiger charge is -2.23. The average Bonchev–Trinajstić information content (AvgIpc) is 2.84. The Kier molecular flexibility index (Phi) is 8.08. The van der Waals surface area contributed by atoms with E-state index in [0.717, 1.165) is 16.9 Å². The van der Waals surface area contributed by atoms with Gasteiger partial charge in [-0.1, -0.05) is 42.5 Å². The highest BCUT2D eigenvalue weighted by Gasteiger charge is 2.27. The molecule has 0 aliphatic rings. The van der Waals surface area contributed by atoms with Gasteiger partial charge in [0.2, 0.25) is 15.9 Å². The molecule has 0 bridgehead atoms. The summed E-state index contributed by atoms with van der Waals surface area (Å²) >= 11 is 0. The van der Waals surface area contributed by atoms with Crippen LogP contribution in [0.5, 0.6) is 11.5 Å². The van der Waals surface area contributed by atoms with E-state index in [-0.39, 0.29) is 24.0 Å². The van der Waals surface area contributed by atoms with Crippen LogP contribution in [0.1, 0.15) is 24.1 Å². The molecule has 0 fully saturated rings. The highest BCUT2D eigenvalue weighted by Crippen LogP contribution is 2.22. The first-order valence-corrected chi connectivity index (χ1v) is 11.9. The minimum absolute atomic E-state index is 0.0690. The molecule has 174 valence electrons. The number of ether oxygens (including phenoxy) is 2. The monoisotopic (exact) mass is 468 g/mol. The number of nitrogens with zero attached hydrogens (tertiary/aromatic N) is 1. The van der Waals surface area contributed by atoms with Crippen LogP contribution in [0.2, 0.25) is 0 Å². The Morgan fingerprint density at radius 2 is 1.42 bits per heavy atom. The summed E-state index contributed by atoms with van der Waals surface area (Å²) in [7, 11) is -0.827. The first kappa shape index (κ1) is 24.3. The number of carbonyl (C=O) groups is 1. The Morgan fingerprint density at radius 3 is 1.97 bits per heavy atom. The summed E-state index contributed by atoms with van der Waals surface area (Å²) < 4.78 is 38.2. The zero-order valence-electron chi connectivity index (χ0n) is 18.9. The molecule has 0 aliphatic carbocycles. The van der Waals surface area contributed by atoms with E-state index >= 15 is 0 Å². The Bertz CT molecular complexity index is 1150. The second-order valence-corrected chi connectivity index (χ2v) is 9.43. The standard InChI is InChI=1S/C25H28N2O5S/c1-19(21-9-11-22(31-2)12-10-21)26-25(28)18-27(17-20-7-5-4-6-8-20)33(29,30)24-15-13-23(32-3)14-16-24/h4-16,19H,17-18H2,1-3H3,(H,26,28)/t19-/m0/s1. The van der Waals surface area contributed by atoms with Crippen LogP contribution in [-0.4, -0.2) is 39.4 Å². The maximum Gasteiger partial charge on any atom is 0.243 e. The molecule has 8 heteroatoms. The van der Waals surface area contributed by atoms with Crippen LogP contribution in [0, 0.1) is 0 Å². The zero-order chi connectivity index (χ0) is 23.8. The van der Waals surface area contributed by atoms with Crippen LogP contribution < -0.4 is 14.8 Å². The minimum Gasteiger partial charge on any atom is -0.497 e. The molecule has 0 unspecified atom stereocenters. The Morgan fingerprint density at radius 1 is 0.879 bits per heavy atom. The van der Waals surface area contributed by atoms with E-state index in [1.54, 1.807) is 19.2 Å². The fraction of sp³-hybridized carbons (Fsp3) is 0.240. The Labute approximate surface area is 195 Å². The lowest BCUT2D eigenvalue weighted by Crippen LogP contribution is -2.41. The fourth-order valence-electron chi connectivity index (χ4n) is 3.33. The molecule has 0 radical (unpaired) electrons. The lowest BCUT2D eigenvalue weighted by atomic mass is 10.1. The van der Waals surface area contributed by atoms with Gasteiger partial charge < -0.3 is 14.8 Å². The van der Waals surface area contributed by atoms with Crippen molar-refractivity contribution in [2.75, 3.05) is 20.8 Å². The molecular weight excluding hydrogens is 440 g/mol. The summed E-state index contributed by atoms with van der Waals surface area (Å²) in [5.74, 6) is 0.873. The summed E-state index contributed by atoms with van der Waals surface area (Å²) in [6.07, 6.45) is 0. The third kappa shape index (κ3) is 6.34. The molecule has 3 aromatic carbocycles. The van der Waals surface area contributed by atoms with Gasteiger partial charge in [-0.05, 0) is 54.4 Å². The second-order valence-electron chi connectivity index (χ2n) is 7.50. The summed E-state index contributed by atoms with van der Waals surface area (Å²) in [5, 5.41) is 2.89. The van der Waals surface area contributed by atoms with Crippen molar-refractivity contribution in [3.63, 3.8) is 0 Å². The number of methoxy groups -OCH3 is 2. The summed E-state index contributed by atoms with van der Waals surface area (Å²) in [5.41, 5.74) is 1.67. The van der Waals surface area contributed by atoms with Crippen molar-refractivity contribution < 1.29 is 22.7 Å². The zero-order valence-corrected chi connectivity index (χ0v) is 19.7. The minimum atomic E-state index is -3.93. The normalized spacial score (nSPS) is 12.2. The molecule has 1 atom stereocenters. The van der Waals surface area contributed by atoms with Gasteiger partial charge in [-0.25, -0.2) is 8.42 Å². The van der Waals surface area contributed by atoms with Crippen LogP contribution in [-0.2, 0) is 21.4 Å². The van der Waals surface area contributed by atoms with Crippen molar-refractivity contribution in [2.45, 2.75) is 24.4 Å². The van der Waals surface area contributed by atoms with Crippen molar-refractivity contribution in [2.24, 2.45) is 0 Å². The van der Waals surface area contributed by atoms with E-state index in [2.05, 4.69) is 5.32 Å². The quantitative estimate of drug-likeness (QED) is 0.490. The molecule has 1 N–H and O–H groups in total. The topological polar surface area (TPSA) is 84.9 Å². The maximum atomic E-state index is 13.4. The Balaban J connectivity index is 1.80. The van der Waals surface area contributed by atoms with Crippen molar-refractivity contribution in [1.29, 1.82) is 0 Å². The van der Waals surface area contributed by atoms with Crippen molar-refractivity contribution in [3.8, 4) is 11.5 Å². The predicted octanol–water partition coefficient (Wildman–Crippen LogP) is 3.77. The number of amides is 1. The third-order valence-electron chi connectivity index (χ3n) is 5.21. The molecule has 33 heavy (non-hydrogen) atoms. The molecule has 0 aliphatic heterocycles. The third-order valence-corrected chi connectivity index (χ3v) is 7.02. The number of rotatable bonds is 10. The summed E-state index contributed by atoms with van der Waals surface area (Å²) in [4.78, 5) is 13.0. The number of hydrogen-bond donors (Lipinski definition) is 1. The molecule has 1 amide bonds. The maximum absolute atomic E-state index is 13.4. The highest BCUT2D eigenvalue weighted by atomic mass is 32.2. The fourth-order valence-corrected chi connectivity index (χ4v) is 4.72. The van der Waals surface area contributed by atoms with E-state index in [1.165, 1.54) is 23.5 Å². The first-order valence-electron chi connectivity index (χ1n) is 10.4. The van der Waals surface area contributed by atoms with Gasteiger partial charge in [-0.2, -0.15) is 4.31 Å². The van der Waals surface area contributed by atoms with Crippen molar-refractivity contribution >= 4 is 15.9 Å². The molecule has 0 saturated carbocycles. The number of hydrogen-bond acceptors (Lipinski definition) is 5. The van der Waals surface area contributed by atoms with Crippen LogP contribution in [0.4, 0.5) is 0 Å². The van der Waals surface area contributed by atoms with Gasteiger partial charge in [0, 0.05) is 6.54 Å². The van der Waals surface area contributed by atoms with E-state index in [0.29, 0.717) is 5.75 Å². The number of sulfonamides is 1. The van der Waals surface area contributed by atoms with Gasteiger partial charge in [0.1, 0.15) is 11.5 Å². The molecule has 0 heterocycles. The molecular formula is C25H28N2O5S. The molecule has 0 aromatic heterocycles. The largest absolute Gasteiger partial charge is 0.497 e. The number of nitrogens with one attached hydrogen (secondary N) is 1. The summed E-state index contributed by atoms with van der Waals surface area (Å²) in [6, 6.07) is 22.3.